The van der Waals surface area contributed by atoms with E-state index in [1.807, 2.05) is 56.3 Å². The van der Waals surface area contributed by atoms with Crippen molar-refractivity contribution in [2.45, 2.75) is 20.0 Å². The van der Waals surface area contributed by atoms with Crippen LogP contribution in [-0.2, 0) is 4.79 Å². The van der Waals surface area contributed by atoms with Crippen LogP contribution in [0.2, 0.25) is 0 Å². The van der Waals surface area contributed by atoms with E-state index in [0.717, 1.165) is 11.3 Å². The van der Waals surface area contributed by atoms with E-state index >= 15 is 0 Å². The van der Waals surface area contributed by atoms with Gasteiger partial charge < -0.3 is 9.47 Å². The number of carbonyl (C=O) groups excluding carboxylic acids is 1. The van der Waals surface area contributed by atoms with Crippen LogP contribution in [0.4, 0.5) is 0 Å². The number of para-hydroxylation sites is 1. The Morgan fingerprint density at radius 2 is 1.78 bits per heavy atom. The number of hydrazone groups is 1. The first-order chi connectivity index (χ1) is 11.1. The van der Waals surface area contributed by atoms with Gasteiger partial charge in [0.15, 0.2) is 6.61 Å². The van der Waals surface area contributed by atoms with Crippen LogP contribution >= 0.6 is 0 Å². The van der Waals surface area contributed by atoms with Crippen molar-refractivity contribution in [3.8, 4) is 11.5 Å². The lowest BCUT2D eigenvalue weighted by atomic mass is 10.2. The highest BCUT2D eigenvalue weighted by Gasteiger charge is 2.01. The van der Waals surface area contributed by atoms with Crippen molar-refractivity contribution in [3.63, 3.8) is 0 Å². The van der Waals surface area contributed by atoms with Crippen LogP contribution in [0, 0.1) is 0 Å². The molecule has 5 nitrogen and oxygen atoms in total. The molecule has 0 aromatic heterocycles. The Bertz CT molecular complexity index is 637. The van der Waals surface area contributed by atoms with Crippen LogP contribution in [0.5, 0.6) is 11.5 Å². The lowest BCUT2D eigenvalue weighted by Crippen LogP contribution is -2.24. The molecule has 0 saturated carbocycles. The second kappa shape index (κ2) is 8.58. The third-order valence-corrected chi connectivity index (χ3v) is 2.77. The number of rotatable bonds is 7. The fraction of sp³-hybridized carbons (Fsp3) is 0.222. The van der Waals surface area contributed by atoms with Gasteiger partial charge in [0.1, 0.15) is 11.5 Å². The molecule has 1 amide bonds. The fourth-order valence-corrected chi connectivity index (χ4v) is 1.78. The molecule has 0 aliphatic heterocycles. The van der Waals surface area contributed by atoms with Crippen LogP contribution in [-0.4, -0.2) is 24.8 Å². The number of benzene rings is 2. The highest BCUT2D eigenvalue weighted by molar-refractivity contribution is 5.83. The van der Waals surface area contributed by atoms with Gasteiger partial charge in [0.25, 0.3) is 5.91 Å². The molecule has 2 aromatic rings. The van der Waals surface area contributed by atoms with Crippen molar-refractivity contribution < 1.29 is 14.3 Å². The molecule has 0 aliphatic rings. The summed E-state index contributed by atoms with van der Waals surface area (Å²) in [6, 6.07) is 16.6. The summed E-state index contributed by atoms with van der Waals surface area (Å²) < 4.78 is 10.9. The first-order valence-electron chi connectivity index (χ1n) is 7.40. The zero-order valence-electron chi connectivity index (χ0n) is 13.2. The molecule has 0 saturated heterocycles. The average molecular weight is 312 g/mol. The number of carbonyl (C=O) groups is 1. The highest BCUT2D eigenvalue weighted by Crippen LogP contribution is 2.12. The topological polar surface area (TPSA) is 59.9 Å². The molecule has 2 rings (SSSR count). The second-order valence-corrected chi connectivity index (χ2v) is 5.13. The van der Waals surface area contributed by atoms with E-state index in [1.54, 1.807) is 18.3 Å². The van der Waals surface area contributed by atoms with Gasteiger partial charge in [0.05, 0.1) is 12.3 Å². The van der Waals surface area contributed by atoms with Crippen molar-refractivity contribution in [3.05, 3.63) is 60.2 Å². The molecule has 0 unspecified atom stereocenters. The monoisotopic (exact) mass is 312 g/mol. The molecule has 0 aliphatic carbocycles. The number of nitrogens with one attached hydrogen (secondary N) is 1. The third kappa shape index (κ3) is 6.22. The quantitative estimate of drug-likeness (QED) is 0.631. The normalized spacial score (nSPS) is 10.7. The molecule has 120 valence electrons. The maximum Gasteiger partial charge on any atom is 0.277 e. The molecule has 0 fully saturated rings. The first-order valence-corrected chi connectivity index (χ1v) is 7.40. The summed E-state index contributed by atoms with van der Waals surface area (Å²) in [5, 5.41) is 3.90. The zero-order chi connectivity index (χ0) is 16.5. The minimum Gasteiger partial charge on any atom is -0.491 e. The maximum absolute atomic E-state index is 11.6. The molecule has 2 aromatic carbocycles. The van der Waals surface area contributed by atoms with E-state index in [9.17, 15) is 4.79 Å². The minimum absolute atomic E-state index is 0.0808. The molecule has 1 N–H and O–H groups in total. The van der Waals surface area contributed by atoms with Crippen LogP contribution in [0.1, 0.15) is 19.4 Å². The van der Waals surface area contributed by atoms with E-state index in [1.165, 1.54) is 0 Å². The van der Waals surface area contributed by atoms with E-state index in [2.05, 4.69) is 10.5 Å². The third-order valence-electron chi connectivity index (χ3n) is 2.77. The van der Waals surface area contributed by atoms with Crippen molar-refractivity contribution in [1.29, 1.82) is 0 Å². The van der Waals surface area contributed by atoms with Gasteiger partial charge in [-0.15, -0.1) is 0 Å². The lowest BCUT2D eigenvalue weighted by molar-refractivity contribution is -0.123. The summed E-state index contributed by atoms with van der Waals surface area (Å²) in [7, 11) is 0. The van der Waals surface area contributed by atoms with Crippen LogP contribution < -0.4 is 14.9 Å². The van der Waals surface area contributed by atoms with Gasteiger partial charge in [-0.05, 0) is 55.8 Å². The van der Waals surface area contributed by atoms with Gasteiger partial charge >= 0.3 is 0 Å². The van der Waals surface area contributed by atoms with E-state index < -0.39 is 0 Å². The molecule has 0 radical (unpaired) electrons. The smallest absolute Gasteiger partial charge is 0.277 e. The molecule has 0 spiro atoms. The molecule has 0 atom stereocenters. The summed E-state index contributed by atoms with van der Waals surface area (Å²) >= 11 is 0. The Morgan fingerprint density at radius 3 is 2.43 bits per heavy atom. The van der Waals surface area contributed by atoms with Gasteiger partial charge in [-0.1, -0.05) is 18.2 Å². The number of ether oxygens (including phenoxy) is 2. The molecular weight excluding hydrogens is 292 g/mol. The van der Waals surface area contributed by atoms with E-state index in [0.29, 0.717) is 5.75 Å². The predicted molar refractivity (Wildman–Crippen MR) is 89.9 cm³/mol. The van der Waals surface area contributed by atoms with Crippen molar-refractivity contribution >= 4 is 12.1 Å². The van der Waals surface area contributed by atoms with Gasteiger partial charge in [-0.3, -0.25) is 4.79 Å². The number of nitrogens with zero attached hydrogens (tertiary/aromatic N) is 1. The van der Waals surface area contributed by atoms with Gasteiger partial charge in [-0.2, -0.15) is 5.10 Å². The van der Waals surface area contributed by atoms with E-state index in [4.69, 9.17) is 9.47 Å². The van der Waals surface area contributed by atoms with Crippen molar-refractivity contribution in [2.75, 3.05) is 6.61 Å². The maximum atomic E-state index is 11.6. The number of amides is 1. The largest absolute Gasteiger partial charge is 0.491 e. The summed E-state index contributed by atoms with van der Waals surface area (Å²) in [6.45, 7) is 3.87. The Balaban J connectivity index is 1.76. The number of hydrogen-bond donors (Lipinski definition) is 1. The standard InChI is InChI=1S/C18H20N2O3/c1-14(2)23-17-10-8-15(9-11-17)12-19-20-18(21)13-22-16-6-4-3-5-7-16/h3-12,14H,13H2,1-2H3,(H,20,21)/b19-12-. The SMILES string of the molecule is CC(C)Oc1ccc(/C=N\NC(=O)COc2ccccc2)cc1. The fourth-order valence-electron chi connectivity index (χ4n) is 1.78. The Labute approximate surface area is 135 Å². The minimum atomic E-state index is -0.315. The molecule has 23 heavy (non-hydrogen) atoms. The summed E-state index contributed by atoms with van der Waals surface area (Å²) in [4.78, 5) is 11.6. The van der Waals surface area contributed by atoms with E-state index in [-0.39, 0.29) is 18.6 Å². The van der Waals surface area contributed by atoms with Gasteiger partial charge in [-0.25, -0.2) is 5.43 Å². The van der Waals surface area contributed by atoms with Crippen molar-refractivity contribution in [1.82, 2.24) is 5.43 Å². The molecule has 0 bridgehead atoms. The number of hydrogen-bond acceptors (Lipinski definition) is 4. The summed E-state index contributed by atoms with van der Waals surface area (Å²) in [5.74, 6) is 1.13. The van der Waals surface area contributed by atoms with Gasteiger partial charge in [0.2, 0.25) is 0 Å². The van der Waals surface area contributed by atoms with Crippen LogP contribution in [0.15, 0.2) is 59.7 Å². The Hall–Kier alpha value is -2.82. The molecular formula is C18H20N2O3. The Morgan fingerprint density at radius 1 is 1.09 bits per heavy atom. The van der Waals surface area contributed by atoms with Crippen molar-refractivity contribution in [2.24, 2.45) is 5.10 Å². The second-order valence-electron chi connectivity index (χ2n) is 5.13. The summed E-state index contributed by atoms with van der Waals surface area (Å²) in [6.07, 6.45) is 1.71. The first kappa shape index (κ1) is 16.5. The predicted octanol–water partition coefficient (Wildman–Crippen LogP) is 3.00. The Kier molecular flexibility index (Phi) is 6.17. The lowest BCUT2D eigenvalue weighted by Gasteiger charge is -2.09. The summed E-state index contributed by atoms with van der Waals surface area (Å²) in [5.41, 5.74) is 3.29. The van der Waals surface area contributed by atoms with Gasteiger partial charge in [0, 0.05) is 0 Å². The average Bonchev–Trinajstić information content (AvgIpc) is 2.55. The highest BCUT2D eigenvalue weighted by atomic mass is 16.5. The van der Waals surface area contributed by atoms with Crippen LogP contribution in [0.3, 0.4) is 0 Å². The van der Waals surface area contributed by atoms with Crippen LogP contribution in [0.25, 0.3) is 0 Å². The molecule has 5 heteroatoms. The molecule has 0 heterocycles. The zero-order valence-corrected chi connectivity index (χ0v) is 13.2.